The Morgan fingerprint density at radius 2 is 1.76 bits per heavy atom. The largest absolute Gasteiger partial charge is 0.460 e. The van der Waals surface area contributed by atoms with Gasteiger partial charge in [0.2, 0.25) is 5.91 Å². The number of benzene rings is 2. The first-order valence-corrected chi connectivity index (χ1v) is 11.2. The third-order valence-electron chi connectivity index (χ3n) is 4.00. The fraction of sp³-hybridized carbons (Fsp3) is 0.286. The highest BCUT2D eigenvalue weighted by atomic mass is 79.9. The van der Waals surface area contributed by atoms with Crippen molar-refractivity contribution < 1.29 is 19.1 Å². The molecule has 0 spiro atoms. The molecule has 154 valence electrons. The van der Waals surface area contributed by atoms with Gasteiger partial charge in [0.25, 0.3) is 5.91 Å². The summed E-state index contributed by atoms with van der Waals surface area (Å²) in [5, 5.41) is 5.29. The van der Waals surface area contributed by atoms with Crippen LogP contribution >= 0.6 is 27.7 Å². The summed E-state index contributed by atoms with van der Waals surface area (Å²) < 4.78 is 5.80. The molecule has 1 unspecified atom stereocenters. The number of carbonyl (C=O) groups excluding carboxylic acids is 3. The lowest BCUT2D eigenvalue weighted by Gasteiger charge is -2.18. The average molecular weight is 479 g/mol. The summed E-state index contributed by atoms with van der Waals surface area (Å²) in [6.45, 7) is -0.115. The summed E-state index contributed by atoms with van der Waals surface area (Å²) >= 11 is 4.91. The lowest BCUT2D eigenvalue weighted by atomic mass is 10.1. The minimum Gasteiger partial charge on any atom is -0.460 e. The van der Waals surface area contributed by atoms with Gasteiger partial charge in [-0.25, -0.2) is 0 Å². The van der Waals surface area contributed by atoms with Crippen molar-refractivity contribution in [2.75, 3.05) is 18.6 Å². The third kappa shape index (κ3) is 7.91. The van der Waals surface area contributed by atoms with E-state index in [0.717, 1.165) is 5.56 Å². The van der Waals surface area contributed by atoms with Crippen LogP contribution in [0.3, 0.4) is 0 Å². The number of ether oxygens (including phenoxy) is 1. The Labute approximate surface area is 182 Å². The van der Waals surface area contributed by atoms with Gasteiger partial charge in [0.15, 0.2) is 0 Å². The summed E-state index contributed by atoms with van der Waals surface area (Å²) in [6.07, 6.45) is 2.37. The van der Waals surface area contributed by atoms with E-state index in [9.17, 15) is 14.4 Å². The fourth-order valence-corrected chi connectivity index (χ4v) is 3.39. The molecule has 0 aliphatic carbocycles. The topological polar surface area (TPSA) is 84.5 Å². The Kier molecular flexibility index (Phi) is 9.73. The van der Waals surface area contributed by atoms with E-state index in [2.05, 4.69) is 26.6 Å². The van der Waals surface area contributed by atoms with Crippen LogP contribution in [-0.2, 0) is 20.9 Å². The van der Waals surface area contributed by atoms with Crippen LogP contribution < -0.4 is 10.6 Å². The maximum atomic E-state index is 12.5. The molecule has 2 aromatic carbocycles. The van der Waals surface area contributed by atoms with Gasteiger partial charge in [-0.15, -0.1) is 0 Å². The molecule has 0 heterocycles. The van der Waals surface area contributed by atoms with Gasteiger partial charge in [-0.2, -0.15) is 11.8 Å². The number of nitrogens with one attached hydrogen (secondary N) is 2. The van der Waals surface area contributed by atoms with E-state index < -0.39 is 17.9 Å². The summed E-state index contributed by atoms with van der Waals surface area (Å²) in [6, 6.07) is 15.5. The summed E-state index contributed by atoms with van der Waals surface area (Å²) in [5.41, 5.74) is 1.31. The Hall–Kier alpha value is -2.32. The first kappa shape index (κ1) is 23.0. The lowest BCUT2D eigenvalue weighted by molar-refractivity contribution is -0.145. The zero-order valence-electron chi connectivity index (χ0n) is 16.0. The van der Waals surface area contributed by atoms with Crippen LogP contribution in [0.2, 0.25) is 0 Å². The second kappa shape index (κ2) is 12.3. The molecular formula is C21H23BrN2O4S. The van der Waals surface area contributed by atoms with Crippen LogP contribution in [0.15, 0.2) is 59.1 Å². The summed E-state index contributed by atoms with van der Waals surface area (Å²) in [5.74, 6) is -0.628. The van der Waals surface area contributed by atoms with Gasteiger partial charge in [0.1, 0.15) is 19.2 Å². The smallest absolute Gasteiger partial charge is 0.325 e. The summed E-state index contributed by atoms with van der Waals surface area (Å²) in [4.78, 5) is 37.0. The van der Waals surface area contributed by atoms with Gasteiger partial charge in [-0.05, 0) is 52.1 Å². The van der Waals surface area contributed by atoms with Gasteiger partial charge < -0.3 is 15.4 Å². The number of rotatable bonds is 10. The van der Waals surface area contributed by atoms with Crippen LogP contribution in [0.4, 0.5) is 0 Å². The molecule has 0 aliphatic rings. The normalized spacial score (nSPS) is 11.4. The minimum atomic E-state index is -0.746. The van der Waals surface area contributed by atoms with Gasteiger partial charge >= 0.3 is 5.97 Å². The van der Waals surface area contributed by atoms with Crippen LogP contribution in [0.1, 0.15) is 22.3 Å². The quantitative estimate of drug-likeness (QED) is 0.512. The number of hydrogen-bond donors (Lipinski definition) is 2. The van der Waals surface area contributed by atoms with Crippen molar-refractivity contribution in [2.45, 2.75) is 19.1 Å². The van der Waals surface area contributed by atoms with E-state index >= 15 is 0 Å². The highest BCUT2D eigenvalue weighted by molar-refractivity contribution is 9.10. The van der Waals surface area contributed by atoms with Gasteiger partial charge in [0.05, 0.1) is 5.56 Å². The van der Waals surface area contributed by atoms with E-state index in [0.29, 0.717) is 22.2 Å². The van der Waals surface area contributed by atoms with Crippen LogP contribution in [0.25, 0.3) is 0 Å². The molecule has 0 saturated heterocycles. The standard InChI is InChI=1S/C21H23BrN2O4S/c1-29-12-11-18(24-20(26)16-9-5-6-10-17(16)22)21(27)23-13-19(25)28-14-15-7-3-2-4-8-15/h2-10,18H,11-14H2,1H3,(H,23,27)(H,24,26). The maximum absolute atomic E-state index is 12.5. The first-order valence-electron chi connectivity index (χ1n) is 9.03. The van der Waals surface area contributed by atoms with Crippen LogP contribution in [0.5, 0.6) is 0 Å². The number of thioether (sulfide) groups is 1. The molecule has 0 radical (unpaired) electrons. The fourth-order valence-electron chi connectivity index (χ4n) is 2.46. The molecular weight excluding hydrogens is 456 g/mol. The molecule has 29 heavy (non-hydrogen) atoms. The lowest BCUT2D eigenvalue weighted by Crippen LogP contribution is -2.48. The van der Waals surface area contributed by atoms with E-state index in [-0.39, 0.29) is 19.1 Å². The van der Waals surface area contributed by atoms with Crippen LogP contribution in [0, 0.1) is 0 Å². The third-order valence-corrected chi connectivity index (χ3v) is 5.34. The zero-order chi connectivity index (χ0) is 21.1. The highest BCUT2D eigenvalue weighted by Crippen LogP contribution is 2.16. The van der Waals surface area contributed by atoms with Crippen molar-refractivity contribution in [2.24, 2.45) is 0 Å². The SMILES string of the molecule is CSCCC(NC(=O)c1ccccc1Br)C(=O)NCC(=O)OCc1ccccc1. The Morgan fingerprint density at radius 1 is 1.07 bits per heavy atom. The maximum Gasteiger partial charge on any atom is 0.325 e. The first-order chi connectivity index (χ1) is 14.0. The molecule has 0 aliphatic heterocycles. The van der Waals surface area contributed by atoms with Crippen molar-refractivity contribution in [3.63, 3.8) is 0 Å². The van der Waals surface area contributed by atoms with E-state index in [1.807, 2.05) is 36.6 Å². The molecule has 2 N–H and O–H groups in total. The second-order valence-corrected chi connectivity index (χ2v) is 7.99. The zero-order valence-corrected chi connectivity index (χ0v) is 18.4. The molecule has 6 nitrogen and oxygen atoms in total. The number of halogens is 1. The number of carbonyl (C=O) groups is 3. The minimum absolute atomic E-state index is 0.143. The molecule has 1 atom stereocenters. The molecule has 8 heteroatoms. The molecule has 0 fully saturated rings. The number of amides is 2. The van der Waals surface area contributed by atoms with Gasteiger partial charge in [-0.3, -0.25) is 14.4 Å². The molecule has 0 bridgehead atoms. The average Bonchev–Trinajstić information content (AvgIpc) is 2.74. The molecule has 2 amide bonds. The Morgan fingerprint density at radius 3 is 2.45 bits per heavy atom. The monoisotopic (exact) mass is 478 g/mol. The predicted molar refractivity (Wildman–Crippen MR) is 118 cm³/mol. The summed E-state index contributed by atoms with van der Waals surface area (Å²) in [7, 11) is 0. The Balaban J connectivity index is 1.88. The molecule has 0 saturated carbocycles. The molecule has 2 aromatic rings. The molecule has 0 aromatic heterocycles. The predicted octanol–water partition coefficient (Wildman–Crippen LogP) is 3.16. The number of esters is 1. The van der Waals surface area contributed by atoms with Crippen molar-refractivity contribution in [1.82, 2.24) is 10.6 Å². The van der Waals surface area contributed by atoms with Crippen molar-refractivity contribution >= 4 is 45.5 Å². The van der Waals surface area contributed by atoms with Crippen molar-refractivity contribution in [1.29, 1.82) is 0 Å². The van der Waals surface area contributed by atoms with Crippen molar-refractivity contribution in [3.05, 3.63) is 70.2 Å². The number of hydrogen-bond acceptors (Lipinski definition) is 5. The van der Waals surface area contributed by atoms with E-state index in [4.69, 9.17) is 4.74 Å². The van der Waals surface area contributed by atoms with Gasteiger partial charge in [0, 0.05) is 4.47 Å². The van der Waals surface area contributed by atoms with E-state index in [1.165, 1.54) is 0 Å². The van der Waals surface area contributed by atoms with Gasteiger partial charge in [-0.1, -0.05) is 42.5 Å². The second-order valence-electron chi connectivity index (χ2n) is 6.15. The molecule has 2 rings (SSSR count). The Bertz CT molecular complexity index is 832. The van der Waals surface area contributed by atoms with Crippen molar-refractivity contribution in [3.8, 4) is 0 Å². The van der Waals surface area contributed by atoms with Crippen LogP contribution in [-0.4, -0.2) is 42.4 Å². The highest BCUT2D eigenvalue weighted by Gasteiger charge is 2.22. The van der Waals surface area contributed by atoms with E-state index in [1.54, 1.807) is 36.0 Å².